The molecule has 1 aliphatic rings. The van der Waals surface area contributed by atoms with Gasteiger partial charge in [-0.15, -0.1) is 0 Å². The van der Waals surface area contributed by atoms with Crippen molar-refractivity contribution in [2.45, 2.75) is 32.7 Å². The summed E-state index contributed by atoms with van der Waals surface area (Å²) in [6.45, 7) is 4.62. The quantitative estimate of drug-likeness (QED) is 0.873. The summed E-state index contributed by atoms with van der Waals surface area (Å²) in [6.07, 6.45) is 1.35. The Hall–Kier alpha value is -2.04. The smallest absolute Gasteiger partial charge is 0.335 e. The van der Waals surface area contributed by atoms with E-state index in [2.05, 4.69) is 5.32 Å². The predicted octanol–water partition coefficient (Wildman–Crippen LogP) is 2.33. The lowest BCUT2D eigenvalue weighted by molar-refractivity contribution is -0.117. The van der Waals surface area contributed by atoms with E-state index in [-0.39, 0.29) is 17.5 Å². The Bertz CT molecular complexity index is 511. The third-order valence-electron chi connectivity index (χ3n) is 3.01. The van der Waals surface area contributed by atoms with E-state index < -0.39 is 5.97 Å². The van der Waals surface area contributed by atoms with Crippen LogP contribution in [0.2, 0.25) is 0 Å². The van der Waals surface area contributed by atoms with Crippen molar-refractivity contribution < 1.29 is 14.7 Å². The van der Waals surface area contributed by atoms with E-state index >= 15 is 0 Å². The molecule has 2 N–H and O–H groups in total. The summed E-state index contributed by atoms with van der Waals surface area (Å²) in [5, 5.41) is 12.3. The van der Waals surface area contributed by atoms with Gasteiger partial charge in [0.05, 0.1) is 5.56 Å². The Morgan fingerprint density at radius 2 is 2.11 bits per heavy atom. The van der Waals surface area contributed by atoms with Gasteiger partial charge in [-0.05, 0) is 38.5 Å². The number of aromatic carboxylic acids is 1. The second-order valence-electron chi connectivity index (χ2n) is 5.02. The molecule has 1 aromatic rings. The summed E-state index contributed by atoms with van der Waals surface area (Å²) in [5.74, 6) is -0.932. The number of rotatable bonds is 4. The fraction of sp³-hybridized carbons (Fsp3) is 0.429. The predicted molar refractivity (Wildman–Crippen MR) is 73.7 cm³/mol. The lowest BCUT2D eigenvalue weighted by Crippen LogP contribution is -2.24. The molecule has 1 fully saturated rings. The summed E-state index contributed by atoms with van der Waals surface area (Å²) < 4.78 is 0. The molecule has 0 aromatic heterocycles. The van der Waals surface area contributed by atoms with Gasteiger partial charge >= 0.3 is 5.97 Å². The number of benzene rings is 1. The van der Waals surface area contributed by atoms with Gasteiger partial charge in [0.25, 0.3) is 0 Å². The van der Waals surface area contributed by atoms with Crippen LogP contribution >= 0.6 is 0 Å². The third kappa shape index (κ3) is 3.05. The first-order valence-corrected chi connectivity index (χ1v) is 6.42. The number of hydrogen-bond acceptors (Lipinski definition) is 3. The number of nitrogens with one attached hydrogen (secondary N) is 1. The van der Waals surface area contributed by atoms with Crippen LogP contribution in [0.25, 0.3) is 0 Å². The first-order valence-electron chi connectivity index (χ1n) is 6.42. The van der Waals surface area contributed by atoms with E-state index in [1.165, 1.54) is 0 Å². The van der Waals surface area contributed by atoms with Crippen molar-refractivity contribution in [3.8, 4) is 0 Å². The molecule has 0 unspecified atom stereocenters. The van der Waals surface area contributed by atoms with Crippen molar-refractivity contribution in [1.29, 1.82) is 0 Å². The molecule has 0 radical (unpaired) electrons. The maximum atomic E-state index is 11.7. The highest BCUT2D eigenvalue weighted by atomic mass is 16.4. The zero-order chi connectivity index (χ0) is 14.0. The molecule has 102 valence electrons. The van der Waals surface area contributed by atoms with Crippen LogP contribution in [0.4, 0.5) is 11.4 Å². The molecule has 1 aromatic carbocycles. The average Bonchev–Trinajstić information content (AvgIpc) is 2.74. The molecule has 0 spiro atoms. The molecular formula is C14H18N2O3. The van der Waals surface area contributed by atoms with Gasteiger partial charge < -0.3 is 15.3 Å². The van der Waals surface area contributed by atoms with Crippen LogP contribution in [0.1, 0.15) is 37.0 Å². The minimum absolute atomic E-state index is 0.0537. The summed E-state index contributed by atoms with van der Waals surface area (Å²) in [6, 6.07) is 5.17. The zero-order valence-corrected chi connectivity index (χ0v) is 11.1. The van der Waals surface area contributed by atoms with E-state index in [1.54, 1.807) is 17.0 Å². The Morgan fingerprint density at radius 3 is 2.63 bits per heavy atom. The minimum atomic E-state index is -0.986. The van der Waals surface area contributed by atoms with Gasteiger partial charge in [0.15, 0.2) is 0 Å². The van der Waals surface area contributed by atoms with Gasteiger partial charge in [-0.1, -0.05) is 0 Å². The van der Waals surface area contributed by atoms with Crippen molar-refractivity contribution in [3.63, 3.8) is 0 Å². The maximum absolute atomic E-state index is 11.7. The van der Waals surface area contributed by atoms with Gasteiger partial charge in [0.1, 0.15) is 0 Å². The minimum Gasteiger partial charge on any atom is -0.478 e. The molecule has 1 amide bonds. The number of carbonyl (C=O) groups is 2. The normalized spacial score (nSPS) is 15.1. The number of amides is 1. The van der Waals surface area contributed by atoms with E-state index in [1.807, 2.05) is 19.9 Å². The maximum Gasteiger partial charge on any atom is 0.335 e. The van der Waals surface area contributed by atoms with Crippen LogP contribution in [0.5, 0.6) is 0 Å². The first kappa shape index (κ1) is 13.4. The lowest BCUT2D eigenvalue weighted by Gasteiger charge is -2.19. The molecule has 19 heavy (non-hydrogen) atoms. The Morgan fingerprint density at radius 1 is 1.37 bits per heavy atom. The summed E-state index contributed by atoms with van der Waals surface area (Å²) >= 11 is 0. The summed E-state index contributed by atoms with van der Waals surface area (Å²) in [4.78, 5) is 24.6. The summed E-state index contributed by atoms with van der Waals surface area (Å²) in [7, 11) is 0. The first-order chi connectivity index (χ1) is 8.97. The zero-order valence-electron chi connectivity index (χ0n) is 11.1. The molecule has 1 aliphatic heterocycles. The third-order valence-corrected chi connectivity index (χ3v) is 3.01. The molecule has 1 saturated heterocycles. The fourth-order valence-electron chi connectivity index (χ4n) is 2.23. The number of carboxylic acids is 1. The van der Waals surface area contributed by atoms with E-state index in [9.17, 15) is 9.59 Å². The van der Waals surface area contributed by atoms with Crippen LogP contribution < -0.4 is 10.2 Å². The molecule has 0 bridgehead atoms. The molecule has 5 nitrogen and oxygen atoms in total. The molecule has 0 aliphatic carbocycles. The number of anilines is 2. The second kappa shape index (κ2) is 5.30. The number of carboxylic acid groups (broad SMARTS) is 1. The van der Waals surface area contributed by atoms with Crippen molar-refractivity contribution in [1.82, 2.24) is 0 Å². The highest BCUT2D eigenvalue weighted by Gasteiger charge is 2.23. The highest BCUT2D eigenvalue weighted by Crippen LogP contribution is 2.26. The van der Waals surface area contributed by atoms with Crippen molar-refractivity contribution >= 4 is 23.3 Å². The van der Waals surface area contributed by atoms with Gasteiger partial charge in [0.2, 0.25) is 5.91 Å². The van der Waals surface area contributed by atoms with Crippen LogP contribution in [-0.2, 0) is 4.79 Å². The van der Waals surface area contributed by atoms with Gasteiger partial charge in [-0.3, -0.25) is 4.79 Å². The van der Waals surface area contributed by atoms with Gasteiger partial charge in [0, 0.05) is 30.4 Å². The van der Waals surface area contributed by atoms with E-state index in [4.69, 9.17) is 5.11 Å². The lowest BCUT2D eigenvalue weighted by atomic mass is 10.1. The van der Waals surface area contributed by atoms with Crippen molar-refractivity contribution in [2.75, 3.05) is 16.8 Å². The van der Waals surface area contributed by atoms with Crippen LogP contribution in [-0.4, -0.2) is 29.6 Å². The molecule has 1 heterocycles. The summed E-state index contributed by atoms with van der Waals surface area (Å²) in [5.41, 5.74) is 1.58. The van der Waals surface area contributed by atoms with Crippen LogP contribution in [0, 0.1) is 0 Å². The Kier molecular flexibility index (Phi) is 3.74. The molecular weight excluding hydrogens is 244 g/mol. The molecule has 5 heteroatoms. The number of hydrogen-bond donors (Lipinski definition) is 2. The van der Waals surface area contributed by atoms with Crippen molar-refractivity contribution in [2.24, 2.45) is 0 Å². The molecule has 0 atom stereocenters. The molecule has 0 saturated carbocycles. The van der Waals surface area contributed by atoms with E-state index in [0.29, 0.717) is 18.7 Å². The monoisotopic (exact) mass is 262 g/mol. The second-order valence-corrected chi connectivity index (χ2v) is 5.02. The number of nitrogens with zero attached hydrogens (tertiary/aromatic N) is 1. The average molecular weight is 262 g/mol. The van der Waals surface area contributed by atoms with Crippen LogP contribution in [0.15, 0.2) is 18.2 Å². The number of carbonyl (C=O) groups excluding carboxylic acids is 1. The highest BCUT2D eigenvalue weighted by molar-refractivity contribution is 5.98. The van der Waals surface area contributed by atoms with E-state index in [0.717, 1.165) is 12.1 Å². The van der Waals surface area contributed by atoms with Gasteiger partial charge in [-0.25, -0.2) is 4.79 Å². The van der Waals surface area contributed by atoms with Gasteiger partial charge in [-0.2, -0.15) is 0 Å². The van der Waals surface area contributed by atoms with Crippen LogP contribution in [0.3, 0.4) is 0 Å². The SMILES string of the molecule is CC(C)Nc1cc(C(=O)O)cc(N2CCCC2=O)c1. The van der Waals surface area contributed by atoms with Crippen molar-refractivity contribution in [3.05, 3.63) is 23.8 Å². The Balaban J connectivity index is 2.39. The molecule has 2 rings (SSSR count). The topological polar surface area (TPSA) is 69.6 Å². The standard InChI is InChI=1S/C14H18N2O3/c1-9(2)15-11-6-10(14(18)19)7-12(8-11)16-5-3-4-13(16)17/h6-9,15H,3-5H2,1-2H3,(H,18,19). The largest absolute Gasteiger partial charge is 0.478 e. The fourth-order valence-corrected chi connectivity index (χ4v) is 2.23. The Labute approximate surface area is 112 Å².